The molecule has 19 heavy (non-hydrogen) atoms. The molecule has 3 aromatic carbocycles. The van der Waals surface area contributed by atoms with Crippen molar-refractivity contribution in [1.29, 1.82) is 0 Å². The van der Waals surface area contributed by atoms with Crippen LogP contribution in [-0.2, 0) is 0 Å². The maximum absolute atomic E-state index is 11.1. The van der Waals surface area contributed by atoms with Crippen LogP contribution in [0.3, 0.4) is 0 Å². The van der Waals surface area contributed by atoms with E-state index in [9.17, 15) is 4.79 Å². The molecule has 0 aliphatic rings. The first kappa shape index (κ1) is 12.0. The number of fused-ring (bicyclic) bond motifs is 1. The highest BCUT2D eigenvalue weighted by Crippen LogP contribution is 2.34. The zero-order chi connectivity index (χ0) is 13.1. The Bertz CT molecular complexity index is 729. The second-order valence-corrected chi connectivity index (χ2v) is 5.32. The molecule has 0 heterocycles. The number of carbonyl (C=O) groups is 1. The molecular weight excluding hydrogens is 252 g/mol. The van der Waals surface area contributed by atoms with Gasteiger partial charge in [0.15, 0.2) is 6.29 Å². The van der Waals surface area contributed by atoms with Crippen molar-refractivity contribution in [3.8, 4) is 0 Å². The minimum absolute atomic E-state index is 0.737. The molecule has 0 fully saturated rings. The average molecular weight is 264 g/mol. The predicted molar refractivity (Wildman–Crippen MR) is 79.9 cm³/mol. The normalized spacial score (nSPS) is 10.5. The van der Waals surface area contributed by atoms with Gasteiger partial charge in [-0.3, -0.25) is 4.79 Å². The SMILES string of the molecule is O=Cc1ccccc1Sc1cccc2ccccc12. The van der Waals surface area contributed by atoms with Gasteiger partial charge in [0.05, 0.1) is 0 Å². The topological polar surface area (TPSA) is 17.1 Å². The minimum atomic E-state index is 0.737. The quantitative estimate of drug-likeness (QED) is 0.632. The van der Waals surface area contributed by atoms with E-state index in [1.807, 2.05) is 42.5 Å². The lowest BCUT2D eigenvalue weighted by Crippen LogP contribution is -1.84. The molecule has 0 spiro atoms. The molecule has 3 aromatic rings. The van der Waals surface area contributed by atoms with Crippen molar-refractivity contribution in [1.82, 2.24) is 0 Å². The van der Waals surface area contributed by atoms with Crippen LogP contribution in [0.2, 0.25) is 0 Å². The van der Waals surface area contributed by atoms with E-state index in [2.05, 4.69) is 24.3 Å². The van der Waals surface area contributed by atoms with Gasteiger partial charge in [-0.05, 0) is 22.9 Å². The first-order valence-electron chi connectivity index (χ1n) is 6.08. The van der Waals surface area contributed by atoms with Crippen molar-refractivity contribution < 1.29 is 4.79 Å². The number of hydrogen-bond donors (Lipinski definition) is 0. The highest BCUT2D eigenvalue weighted by Gasteiger charge is 2.05. The maximum atomic E-state index is 11.1. The molecule has 0 N–H and O–H groups in total. The van der Waals surface area contributed by atoms with E-state index >= 15 is 0 Å². The van der Waals surface area contributed by atoms with Gasteiger partial charge in [-0.1, -0.05) is 66.4 Å². The summed E-state index contributed by atoms with van der Waals surface area (Å²) < 4.78 is 0. The van der Waals surface area contributed by atoms with Crippen molar-refractivity contribution in [3.05, 3.63) is 72.3 Å². The van der Waals surface area contributed by atoms with E-state index < -0.39 is 0 Å². The lowest BCUT2D eigenvalue weighted by molar-refractivity contribution is 0.112. The van der Waals surface area contributed by atoms with Crippen molar-refractivity contribution in [2.75, 3.05) is 0 Å². The minimum Gasteiger partial charge on any atom is -0.298 e. The van der Waals surface area contributed by atoms with Crippen LogP contribution in [0.15, 0.2) is 76.5 Å². The molecule has 0 saturated carbocycles. The van der Waals surface area contributed by atoms with Crippen LogP contribution in [0, 0.1) is 0 Å². The second kappa shape index (κ2) is 5.29. The molecule has 0 saturated heterocycles. The van der Waals surface area contributed by atoms with Crippen LogP contribution in [0.1, 0.15) is 10.4 Å². The second-order valence-electron chi connectivity index (χ2n) is 4.24. The van der Waals surface area contributed by atoms with Crippen molar-refractivity contribution >= 4 is 28.8 Å². The zero-order valence-corrected chi connectivity index (χ0v) is 11.1. The summed E-state index contributed by atoms with van der Waals surface area (Å²) in [5, 5.41) is 2.44. The van der Waals surface area contributed by atoms with E-state index in [0.29, 0.717) is 0 Å². The Hall–Kier alpha value is -2.06. The Morgan fingerprint density at radius 3 is 2.32 bits per heavy atom. The first-order valence-corrected chi connectivity index (χ1v) is 6.90. The first-order chi connectivity index (χ1) is 9.38. The molecule has 0 amide bonds. The highest BCUT2D eigenvalue weighted by atomic mass is 32.2. The molecule has 0 aliphatic carbocycles. The predicted octanol–water partition coefficient (Wildman–Crippen LogP) is 4.80. The lowest BCUT2D eigenvalue weighted by atomic mass is 10.1. The molecular formula is C17H12OS. The third-order valence-electron chi connectivity index (χ3n) is 3.02. The summed E-state index contributed by atoms with van der Waals surface area (Å²) in [6.45, 7) is 0. The molecule has 0 aromatic heterocycles. The summed E-state index contributed by atoms with van der Waals surface area (Å²) in [5.41, 5.74) is 0.737. The molecule has 0 atom stereocenters. The van der Waals surface area contributed by atoms with E-state index in [-0.39, 0.29) is 0 Å². The van der Waals surface area contributed by atoms with Crippen LogP contribution in [0.5, 0.6) is 0 Å². The summed E-state index contributed by atoms with van der Waals surface area (Å²) in [7, 11) is 0. The van der Waals surface area contributed by atoms with E-state index in [1.54, 1.807) is 11.8 Å². The van der Waals surface area contributed by atoms with Crippen LogP contribution < -0.4 is 0 Å². The van der Waals surface area contributed by atoms with Gasteiger partial charge in [0.25, 0.3) is 0 Å². The Morgan fingerprint density at radius 1 is 0.737 bits per heavy atom. The summed E-state index contributed by atoms with van der Waals surface area (Å²) in [6, 6.07) is 22.2. The van der Waals surface area contributed by atoms with Gasteiger partial charge >= 0.3 is 0 Å². The van der Waals surface area contributed by atoms with Gasteiger partial charge in [-0.25, -0.2) is 0 Å². The molecule has 0 bridgehead atoms. The van der Waals surface area contributed by atoms with Gasteiger partial charge in [0.2, 0.25) is 0 Å². The van der Waals surface area contributed by atoms with Crippen LogP contribution >= 0.6 is 11.8 Å². The zero-order valence-electron chi connectivity index (χ0n) is 10.2. The molecule has 0 aliphatic heterocycles. The third kappa shape index (κ3) is 2.40. The fourth-order valence-corrected chi connectivity index (χ4v) is 3.13. The fraction of sp³-hybridized carbons (Fsp3) is 0. The Balaban J connectivity index is 2.08. The van der Waals surface area contributed by atoms with Gasteiger partial charge in [-0.15, -0.1) is 0 Å². The van der Waals surface area contributed by atoms with Gasteiger partial charge in [0.1, 0.15) is 0 Å². The summed E-state index contributed by atoms with van der Waals surface area (Å²) >= 11 is 1.64. The highest BCUT2D eigenvalue weighted by molar-refractivity contribution is 7.99. The standard InChI is InChI=1S/C17H12OS/c18-12-14-7-2-4-10-16(14)19-17-11-5-8-13-6-1-3-9-15(13)17/h1-12H. The van der Waals surface area contributed by atoms with Crippen LogP contribution in [0.4, 0.5) is 0 Å². The lowest BCUT2D eigenvalue weighted by Gasteiger charge is -2.07. The number of benzene rings is 3. The van der Waals surface area contributed by atoms with Crippen molar-refractivity contribution in [2.45, 2.75) is 9.79 Å². The van der Waals surface area contributed by atoms with E-state index in [0.717, 1.165) is 16.7 Å². The van der Waals surface area contributed by atoms with E-state index in [4.69, 9.17) is 0 Å². The molecule has 3 rings (SSSR count). The molecule has 0 unspecified atom stereocenters. The van der Waals surface area contributed by atoms with E-state index in [1.165, 1.54) is 15.7 Å². The Labute approximate surface area is 116 Å². The molecule has 1 nitrogen and oxygen atoms in total. The number of rotatable bonds is 3. The largest absolute Gasteiger partial charge is 0.298 e. The van der Waals surface area contributed by atoms with Gasteiger partial charge in [0, 0.05) is 15.4 Å². The third-order valence-corrected chi connectivity index (χ3v) is 4.18. The fourth-order valence-electron chi connectivity index (χ4n) is 2.07. The van der Waals surface area contributed by atoms with Crippen molar-refractivity contribution in [2.24, 2.45) is 0 Å². The Kier molecular flexibility index (Phi) is 3.34. The number of aldehydes is 1. The number of hydrogen-bond acceptors (Lipinski definition) is 2. The summed E-state index contributed by atoms with van der Waals surface area (Å²) in [5.74, 6) is 0. The molecule has 92 valence electrons. The monoisotopic (exact) mass is 264 g/mol. The molecule has 2 heteroatoms. The number of carbonyl (C=O) groups excluding carboxylic acids is 1. The Morgan fingerprint density at radius 2 is 1.42 bits per heavy atom. The summed E-state index contributed by atoms with van der Waals surface area (Å²) in [6.07, 6.45) is 0.910. The van der Waals surface area contributed by atoms with Crippen LogP contribution in [-0.4, -0.2) is 6.29 Å². The van der Waals surface area contributed by atoms with Gasteiger partial charge < -0.3 is 0 Å². The van der Waals surface area contributed by atoms with Crippen molar-refractivity contribution in [3.63, 3.8) is 0 Å². The maximum Gasteiger partial charge on any atom is 0.151 e. The smallest absolute Gasteiger partial charge is 0.151 e. The molecule has 0 radical (unpaired) electrons. The van der Waals surface area contributed by atoms with Crippen LogP contribution in [0.25, 0.3) is 10.8 Å². The average Bonchev–Trinajstić information content (AvgIpc) is 2.48. The van der Waals surface area contributed by atoms with Gasteiger partial charge in [-0.2, -0.15) is 0 Å². The summed E-state index contributed by atoms with van der Waals surface area (Å²) in [4.78, 5) is 13.2.